The van der Waals surface area contributed by atoms with Crippen molar-refractivity contribution in [1.29, 1.82) is 5.26 Å². The maximum Gasteiger partial charge on any atom is 0.249 e. The Morgan fingerprint density at radius 3 is 2.41 bits per heavy atom. The molecule has 0 radical (unpaired) electrons. The van der Waals surface area contributed by atoms with Gasteiger partial charge in [0.1, 0.15) is 5.69 Å². The molecule has 138 valence electrons. The Kier molecular flexibility index (Phi) is 3.75. The predicted octanol–water partition coefficient (Wildman–Crippen LogP) is 4.17. The normalized spacial score (nSPS) is 12.2. The van der Waals surface area contributed by atoms with Gasteiger partial charge in [0.2, 0.25) is 11.7 Å². The molecule has 3 aromatic carbocycles. The van der Waals surface area contributed by atoms with E-state index in [1.165, 1.54) is 0 Å². The van der Waals surface area contributed by atoms with Crippen LogP contribution in [0.2, 0.25) is 0 Å². The number of nitrogens with zero attached hydrogens (tertiary/aromatic N) is 2. The van der Waals surface area contributed by atoms with Gasteiger partial charge in [0.05, 0.1) is 11.8 Å². The van der Waals surface area contributed by atoms with E-state index >= 15 is 0 Å². The van der Waals surface area contributed by atoms with Crippen molar-refractivity contribution in [3.63, 3.8) is 0 Å². The van der Waals surface area contributed by atoms with Crippen molar-refractivity contribution in [2.75, 3.05) is 5.32 Å². The summed E-state index contributed by atoms with van der Waals surface area (Å²) >= 11 is 0. The number of anilines is 1. The molecule has 0 bridgehead atoms. The molecule has 1 aliphatic carbocycles. The Bertz CT molecular complexity index is 1330. The zero-order valence-corrected chi connectivity index (χ0v) is 15.1. The standard InChI is InChI=1S/C23H14N4O2/c24-12-17(23(29)25-14-8-2-1-3-9-14)22(28)21-19-15-10-4-6-13-7-5-11-16(18(13)15)20(19)26-27-21/h1-11,17H,(H,25,29)(H,26,27). The fourth-order valence-corrected chi connectivity index (χ4v) is 3.84. The molecule has 1 amide bonds. The van der Waals surface area contributed by atoms with E-state index in [1.54, 1.807) is 24.3 Å². The first-order chi connectivity index (χ1) is 14.2. The lowest BCUT2D eigenvalue weighted by atomic mass is 9.96. The van der Waals surface area contributed by atoms with E-state index < -0.39 is 17.6 Å². The van der Waals surface area contributed by atoms with E-state index in [2.05, 4.69) is 15.5 Å². The molecule has 6 nitrogen and oxygen atoms in total. The number of hydrogen-bond acceptors (Lipinski definition) is 4. The van der Waals surface area contributed by atoms with Crippen LogP contribution in [0.15, 0.2) is 66.7 Å². The number of aromatic nitrogens is 2. The molecular formula is C23H14N4O2. The van der Waals surface area contributed by atoms with Gasteiger partial charge in [-0.15, -0.1) is 0 Å². The van der Waals surface area contributed by atoms with Gasteiger partial charge in [-0.25, -0.2) is 0 Å². The molecule has 29 heavy (non-hydrogen) atoms. The Balaban J connectivity index is 1.54. The molecule has 1 aliphatic rings. The molecule has 1 atom stereocenters. The van der Waals surface area contributed by atoms with Gasteiger partial charge >= 0.3 is 0 Å². The van der Waals surface area contributed by atoms with Gasteiger partial charge in [-0.1, -0.05) is 54.6 Å². The summed E-state index contributed by atoms with van der Waals surface area (Å²) in [6, 6.07) is 22.3. The van der Waals surface area contributed by atoms with E-state index in [4.69, 9.17) is 0 Å². The Hall–Kier alpha value is -4.24. The highest BCUT2D eigenvalue weighted by Crippen LogP contribution is 2.47. The van der Waals surface area contributed by atoms with Crippen molar-refractivity contribution in [3.05, 3.63) is 72.4 Å². The first kappa shape index (κ1) is 16.9. The van der Waals surface area contributed by atoms with E-state index in [-0.39, 0.29) is 5.69 Å². The van der Waals surface area contributed by atoms with Crippen LogP contribution in [-0.4, -0.2) is 21.9 Å². The summed E-state index contributed by atoms with van der Waals surface area (Å²) in [5.41, 5.74) is 3.86. The zero-order chi connectivity index (χ0) is 20.0. The van der Waals surface area contributed by atoms with Crippen LogP contribution in [-0.2, 0) is 4.79 Å². The largest absolute Gasteiger partial charge is 0.325 e. The maximum absolute atomic E-state index is 13.1. The molecule has 0 saturated heterocycles. The third-order valence-electron chi connectivity index (χ3n) is 5.14. The van der Waals surface area contributed by atoms with E-state index in [0.717, 1.165) is 27.6 Å². The molecule has 0 fully saturated rings. The van der Waals surface area contributed by atoms with Crippen LogP contribution in [0.3, 0.4) is 0 Å². The second kappa shape index (κ2) is 6.43. The second-order valence-electron chi connectivity index (χ2n) is 6.81. The third-order valence-corrected chi connectivity index (χ3v) is 5.14. The molecule has 6 heteroatoms. The molecule has 2 N–H and O–H groups in total. The van der Waals surface area contributed by atoms with Crippen molar-refractivity contribution in [2.45, 2.75) is 0 Å². The summed E-state index contributed by atoms with van der Waals surface area (Å²) in [7, 11) is 0. The van der Waals surface area contributed by atoms with E-state index in [1.807, 2.05) is 48.5 Å². The summed E-state index contributed by atoms with van der Waals surface area (Å²) in [5, 5.41) is 21.4. The first-order valence-electron chi connectivity index (χ1n) is 9.09. The van der Waals surface area contributed by atoms with Gasteiger partial charge < -0.3 is 5.32 Å². The molecule has 0 saturated carbocycles. The number of H-pyrrole nitrogens is 1. The molecule has 0 spiro atoms. The summed E-state index contributed by atoms with van der Waals surface area (Å²) < 4.78 is 0. The smallest absolute Gasteiger partial charge is 0.249 e. The summed E-state index contributed by atoms with van der Waals surface area (Å²) in [6.45, 7) is 0. The molecule has 0 aliphatic heterocycles. The van der Waals surface area contributed by atoms with Gasteiger partial charge in [0.25, 0.3) is 0 Å². The lowest BCUT2D eigenvalue weighted by Gasteiger charge is -2.09. The van der Waals surface area contributed by atoms with E-state index in [9.17, 15) is 14.9 Å². The lowest BCUT2D eigenvalue weighted by molar-refractivity contribution is -0.117. The number of nitriles is 1. The number of amides is 1. The Morgan fingerprint density at radius 2 is 1.69 bits per heavy atom. The number of Topliss-reactive ketones (excluding diaryl/α,β-unsaturated/α-hetero) is 1. The van der Waals surface area contributed by atoms with Crippen LogP contribution >= 0.6 is 0 Å². The highest BCUT2D eigenvalue weighted by atomic mass is 16.2. The van der Waals surface area contributed by atoms with Crippen molar-refractivity contribution >= 4 is 28.2 Å². The van der Waals surface area contributed by atoms with Crippen LogP contribution in [0.1, 0.15) is 10.5 Å². The average Bonchev–Trinajstić information content (AvgIpc) is 3.31. The fraction of sp³-hybridized carbons (Fsp3) is 0.0435. The highest BCUT2D eigenvalue weighted by Gasteiger charge is 2.35. The molecule has 1 unspecified atom stereocenters. The number of benzene rings is 3. The van der Waals surface area contributed by atoms with Gasteiger partial charge in [-0.3, -0.25) is 14.7 Å². The molecule has 1 heterocycles. The molecular weight excluding hydrogens is 364 g/mol. The monoisotopic (exact) mass is 378 g/mol. The Morgan fingerprint density at radius 1 is 0.966 bits per heavy atom. The van der Waals surface area contributed by atoms with Gasteiger partial charge in [-0.2, -0.15) is 10.4 Å². The zero-order valence-electron chi connectivity index (χ0n) is 15.1. The predicted molar refractivity (Wildman–Crippen MR) is 109 cm³/mol. The summed E-state index contributed by atoms with van der Waals surface area (Å²) in [5.74, 6) is -2.79. The minimum Gasteiger partial charge on any atom is -0.325 e. The number of aromatic amines is 1. The third kappa shape index (κ3) is 2.52. The quantitative estimate of drug-likeness (QED) is 0.362. The van der Waals surface area contributed by atoms with Crippen LogP contribution in [0.5, 0.6) is 0 Å². The van der Waals surface area contributed by atoms with Crippen LogP contribution in [0.4, 0.5) is 5.69 Å². The molecule has 4 aromatic rings. The number of nitrogens with one attached hydrogen (secondary N) is 2. The molecule has 5 rings (SSSR count). The maximum atomic E-state index is 13.1. The number of carbonyl (C=O) groups excluding carboxylic acids is 2. The highest BCUT2D eigenvalue weighted by molar-refractivity contribution is 6.22. The number of rotatable bonds is 4. The van der Waals surface area contributed by atoms with E-state index in [0.29, 0.717) is 11.3 Å². The fourth-order valence-electron chi connectivity index (χ4n) is 3.84. The van der Waals surface area contributed by atoms with Gasteiger partial charge in [0, 0.05) is 16.8 Å². The Labute approximate surface area is 165 Å². The van der Waals surface area contributed by atoms with Crippen molar-refractivity contribution in [3.8, 4) is 28.5 Å². The van der Waals surface area contributed by atoms with Crippen molar-refractivity contribution < 1.29 is 9.59 Å². The van der Waals surface area contributed by atoms with Crippen LogP contribution in [0, 0.1) is 17.2 Å². The van der Waals surface area contributed by atoms with Gasteiger partial charge in [-0.05, 0) is 28.5 Å². The van der Waals surface area contributed by atoms with Crippen molar-refractivity contribution in [2.24, 2.45) is 5.92 Å². The summed E-state index contributed by atoms with van der Waals surface area (Å²) in [6.07, 6.45) is 0. The SMILES string of the molecule is N#CC(C(=O)Nc1ccccc1)C(=O)c1n[nH]c2c1-c1cccc3cccc-2c13. The number of para-hydroxylation sites is 1. The summed E-state index contributed by atoms with van der Waals surface area (Å²) in [4.78, 5) is 25.7. The minimum atomic E-state index is -1.49. The first-order valence-corrected chi connectivity index (χ1v) is 9.09. The number of ketones is 1. The van der Waals surface area contributed by atoms with Gasteiger partial charge in [0.15, 0.2) is 5.92 Å². The van der Waals surface area contributed by atoms with Crippen molar-refractivity contribution in [1.82, 2.24) is 10.2 Å². The number of fused-ring (bicyclic) bond motifs is 3. The lowest BCUT2D eigenvalue weighted by Crippen LogP contribution is -2.29. The minimum absolute atomic E-state index is 0.110. The number of carbonyl (C=O) groups is 2. The molecule has 1 aromatic heterocycles. The number of hydrogen-bond donors (Lipinski definition) is 2. The van der Waals surface area contributed by atoms with Crippen LogP contribution in [0.25, 0.3) is 33.2 Å². The average molecular weight is 378 g/mol. The topological polar surface area (TPSA) is 98.6 Å². The van der Waals surface area contributed by atoms with Crippen LogP contribution < -0.4 is 5.32 Å². The second-order valence-corrected chi connectivity index (χ2v) is 6.81.